The van der Waals surface area contributed by atoms with Gasteiger partial charge in [0.25, 0.3) is 0 Å². The molecule has 5 heteroatoms. The van der Waals surface area contributed by atoms with Crippen LogP contribution in [0.5, 0.6) is 0 Å². The van der Waals surface area contributed by atoms with Gasteiger partial charge in [-0.1, -0.05) is 0 Å². The highest BCUT2D eigenvalue weighted by molar-refractivity contribution is 5.68. The first-order valence-electron chi connectivity index (χ1n) is 6.21. The number of carboxylic acids is 1. The van der Waals surface area contributed by atoms with Crippen LogP contribution in [0.1, 0.15) is 25.7 Å². The van der Waals surface area contributed by atoms with Gasteiger partial charge in [-0.05, 0) is 31.7 Å². The molecule has 17 heavy (non-hydrogen) atoms. The molecule has 3 rings (SSSR count). The normalized spacial score (nSPS) is 55.5. The Morgan fingerprint density at radius 2 is 2.12 bits per heavy atom. The van der Waals surface area contributed by atoms with Gasteiger partial charge < -0.3 is 10.8 Å². The van der Waals surface area contributed by atoms with Gasteiger partial charge in [-0.15, -0.1) is 0 Å². The maximum Gasteiger partial charge on any atom is 0.303 e. The molecule has 0 unspecified atom stereocenters. The van der Waals surface area contributed by atoms with E-state index in [0.29, 0.717) is 19.3 Å². The van der Waals surface area contributed by atoms with Gasteiger partial charge in [0.1, 0.15) is 11.8 Å². The number of hydrogen-bond donors (Lipinski definition) is 2. The molecule has 2 bridgehead atoms. The minimum atomic E-state index is -1.78. The molecule has 3 nitrogen and oxygen atoms in total. The van der Waals surface area contributed by atoms with Crippen molar-refractivity contribution in [2.75, 3.05) is 6.54 Å². The van der Waals surface area contributed by atoms with E-state index in [4.69, 9.17) is 10.8 Å². The average molecular weight is 245 g/mol. The summed E-state index contributed by atoms with van der Waals surface area (Å²) in [5.74, 6) is -2.15. The van der Waals surface area contributed by atoms with Gasteiger partial charge in [0.05, 0.1) is 6.42 Å². The van der Waals surface area contributed by atoms with Crippen molar-refractivity contribution in [3.05, 3.63) is 0 Å². The van der Waals surface area contributed by atoms with Gasteiger partial charge in [-0.2, -0.15) is 0 Å². The van der Waals surface area contributed by atoms with E-state index in [9.17, 15) is 13.6 Å². The topological polar surface area (TPSA) is 63.3 Å². The van der Waals surface area contributed by atoms with E-state index >= 15 is 0 Å². The SMILES string of the molecule is NC[C@]1(CC(=O)O)[C@H]2CC[C@H]3C[C@@H]1[C@]2(F)[C@H]3F. The van der Waals surface area contributed by atoms with Crippen LogP contribution in [0.15, 0.2) is 0 Å². The fourth-order valence-corrected chi connectivity index (χ4v) is 4.89. The molecule has 3 fully saturated rings. The lowest BCUT2D eigenvalue weighted by atomic mass is 9.43. The summed E-state index contributed by atoms with van der Waals surface area (Å²) in [6, 6.07) is 0. The molecule has 3 saturated carbocycles. The summed E-state index contributed by atoms with van der Waals surface area (Å²) in [5.41, 5.74) is 3.23. The lowest BCUT2D eigenvalue weighted by molar-refractivity contribution is -0.227. The molecule has 0 aliphatic heterocycles. The Hall–Kier alpha value is -0.710. The monoisotopic (exact) mass is 245 g/mol. The van der Waals surface area contributed by atoms with Crippen LogP contribution in [0.4, 0.5) is 8.78 Å². The van der Waals surface area contributed by atoms with Crippen molar-refractivity contribution in [2.45, 2.75) is 37.5 Å². The fourth-order valence-electron chi connectivity index (χ4n) is 4.89. The first-order valence-corrected chi connectivity index (χ1v) is 6.21. The Bertz CT molecular complexity index is 368. The average Bonchev–Trinajstić information content (AvgIpc) is 2.48. The number of halogens is 2. The second-order valence-corrected chi connectivity index (χ2v) is 5.92. The zero-order valence-corrected chi connectivity index (χ0v) is 9.53. The lowest BCUT2D eigenvalue weighted by Crippen LogP contribution is -2.71. The van der Waals surface area contributed by atoms with Crippen molar-refractivity contribution in [1.29, 1.82) is 0 Å². The first-order chi connectivity index (χ1) is 7.96. The smallest absolute Gasteiger partial charge is 0.303 e. The second kappa shape index (κ2) is 3.19. The van der Waals surface area contributed by atoms with E-state index in [2.05, 4.69) is 0 Å². The van der Waals surface area contributed by atoms with Crippen LogP contribution in [0.2, 0.25) is 0 Å². The van der Waals surface area contributed by atoms with E-state index in [1.807, 2.05) is 0 Å². The summed E-state index contributed by atoms with van der Waals surface area (Å²) in [7, 11) is 0. The third kappa shape index (κ3) is 1.07. The van der Waals surface area contributed by atoms with Crippen LogP contribution in [0.25, 0.3) is 0 Å². The maximum absolute atomic E-state index is 14.7. The minimum Gasteiger partial charge on any atom is -0.481 e. The number of aliphatic carboxylic acids is 1. The van der Waals surface area contributed by atoms with E-state index in [-0.39, 0.29) is 18.9 Å². The number of alkyl halides is 2. The van der Waals surface area contributed by atoms with Crippen molar-refractivity contribution in [3.63, 3.8) is 0 Å². The van der Waals surface area contributed by atoms with E-state index in [1.54, 1.807) is 0 Å². The third-order valence-electron chi connectivity index (χ3n) is 5.52. The van der Waals surface area contributed by atoms with Crippen LogP contribution in [0, 0.1) is 23.2 Å². The minimum absolute atomic E-state index is 0.121. The lowest BCUT2D eigenvalue weighted by Gasteiger charge is -2.63. The highest BCUT2D eigenvalue weighted by Gasteiger charge is 2.80. The highest BCUT2D eigenvalue weighted by atomic mass is 19.2. The number of fused-ring (bicyclic) bond motifs is 1. The Labute approximate surface area is 98.4 Å². The van der Waals surface area contributed by atoms with Crippen LogP contribution in [-0.4, -0.2) is 29.5 Å². The number of carbonyl (C=O) groups is 1. The summed E-state index contributed by atoms with van der Waals surface area (Å²) in [5, 5.41) is 8.97. The van der Waals surface area contributed by atoms with Crippen molar-refractivity contribution < 1.29 is 18.7 Å². The molecule has 0 aromatic carbocycles. The van der Waals surface area contributed by atoms with Gasteiger partial charge in [-0.25, -0.2) is 8.78 Å². The van der Waals surface area contributed by atoms with Gasteiger partial charge in [0.15, 0.2) is 0 Å². The van der Waals surface area contributed by atoms with E-state index in [1.165, 1.54) is 0 Å². The molecule has 0 aromatic rings. The van der Waals surface area contributed by atoms with Crippen LogP contribution < -0.4 is 5.73 Å². The summed E-state index contributed by atoms with van der Waals surface area (Å²) in [6.07, 6.45) is 0.209. The largest absolute Gasteiger partial charge is 0.481 e. The first kappa shape index (κ1) is 11.4. The zero-order valence-electron chi connectivity index (χ0n) is 9.53. The summed E-state index contributed by atoms with van der Waals surface area (Å²) in [4.78, 5) is 10.9. The summed E-state index contributed by atoms with van der Waals surface area (Å²) in [6.45, 7) is 0.153. The molecular formula is C12H17F2NO2. The number of nitrogens with two attached hydrogens (primary N) is 1. The molecule has 0 amide bonds. The van der Waals surface area contributed by atoms with E-state index in [0.717, 1.165) is 0 Å². The Kier molecular flexibility index (Phi) is 2.14. The van der Waals surface area contributed by atoms with Crippen molar-refractivity contribution in [3.8, 4) is 0 Å². The molecule has 0 saturated heterocycles. The zero-order chi connectivity index (χ0) is 12.4. The third-order valence-corrected chi connectivity index (χ3v) is 5.52. The van der Waals surface area contributed by atoms with Crippen LogP contribution in [-0.2, 0) is 4.79 Å². The molecule has 3 aliphatic rings. The quantitative estimate of drug-likeness (QED) is 0.792. The molecule has 0 radical (unpaired) electrons. The van der Waals surface area contributed by atoms with Gasteiger partial charge in [-0.3, -0.25) is 4.79 Å². The molecule has 3 aliphatic carbocycles. The molecule has 0 spiro atoms. The Morgan fingerprint density at radius 1 is 1.41 bits per heavy atom. The Balaban J connectivity index is 1.98. The van der Waals surface area contributed by atoms with Gasteiger partial charge in [0, 0.05) is 17.3 Å². The predicted molar refractivity (Wildman–Crippen MR) is 56.8 cm³/mol. The number of hydrogen-bond acceptors (Lipinski definition) is 2. The molecule has 0 aromatic heterocycles. The standard InChI is InChI=1S/C12H17F2NO2/c13-10-6-1-2-7-11(5-15,4-9(16)17)8(3-6)12(7,10)14/h6-8,10H,1-5,15H2,(H,16,17)/t6-,7+,8-,10-,11+,12-/m0/s1. The fraction of sp³-hybridized carbons (Fsp3) is 0.917. The highest BCUT2D eigenvalue weighted by Crippen LogP contribution is 2.74. The molecule has 3 N–H and O–H groups in total. The van der Waals surface area contributed by atoms with Crippen LogP contribution in [0.3, 0.4) is 0 Å². The molecule has 96 valence electrons. The number of rotatable bonds is 3. The maximum atomic E-state index is 14.7. The van der Waals surface area contributed by atoms with Crippen molar-refractivity contribution in [1.82, 2.24) is 0 Å². The predicted octanol–water partition coefficient (Wildman–Crippen LogP) is 1.51. The van der Waals surface area contributed by atoms with Crippen molar-refractivity contribution in [2.24, 2.45) is 28.9 Å². The van der Waals surface area contributed by atoms with Gasteiger partial charge >= 0.3 is 5.97 Å². The number of carboxylic acid groups (broad SMARTS) is 1. The van der Waals surface area contributed by atoms with Gasteiger partial charge in [0.2, 0.25) is 0 Å². The molecule has 0 heterocycles. The molecule has 6 atom stereocenters. The molecular weight excluding hydrogens is 228 g/mol. The van der Waals surface area contributed by atoms with Crippen LogP contribution >= 0.6 is 0 Å². The second-order valence-electron chi connectivity index (χ2n) is 5.92. The van der Waals surface area contributed by atoms with E-state index < -0.39 is 35.1 Å². The summed E-state index contributed by atoms with van der Waals surface area (Å²) >= 11 is 0. The van der Waals surface area contributed by atoms with Crippen molar-refractivity contribution >= 4 is 5.97 Å². The Morgan fingerprint density at radius 3 is 2.71 bits per heavy atom. The summed E-state index contributed by atoms with van der Waals surface area (Å²) < 4.78 is 28.6.